The number of anilines is 1. The minimum atomic E-state index is -0.152. The lowest BCUT2D eigenvalue weighted by Crippen LogP contribution is -2.36. The topological polar surface area (TPSA) is 49.5 Å². The Balaban J connectivity index is 2.19. The summed E-state index contributed by atoms with van der Waals surface area (Å²) in [6, 6.07) is 5.91. The van der Waals surface area contributed by atoms with Crippen molar-refractivity contribution in [2.24, 2.45) is 5.73 Å². The largest absolute Gasteiger partial charge is 0.393 e. The lowest BCUT2D eigenvalue weighted by atomic mass is 10.1. The number of thiocarbonyl (C=S) groups is 1. The van der Waals surface area contributed by atoms with Crippen LogP contribution < -0.4 is 10.6 Å². The zero-order valence-electron chi connectivity index (χ0n) is 9.40. The van der Waals surface area contributed by atoms with Crippen LogP contribution in [0, 0.1) is 0 Å². The van der Waals surface area contributed by atoms with E-state index in [-0.39, 0.29) is 6.10 Å². The molecule has 1 aliphatic heterocycles. The standard InChI is InChI=1S/C12H15BrN2OS/c13-10-7-8(12(14)17)1-2-11(10)15-5-3-9(16)4-6-15/h1-2,7,9,16H,3-6H2,(H2,14,17). The van der Waals surface area contributed by atoms with E-state index in [1.165, 1.54) is 0 Å². The van der Waals surface area contributed by atoms with Gasteiger partial charge < -0.3 is 15.7 Å². The summed E-state index contributed by atoms with van der Waals surface area (Å²) >= 11 is 8.49. The van der Waals surface area contributed by atoms with Gasteiger partial charge in [0.1, 0.15) is 4.99 Å². The second-order valence-electron chi connectivity index (χ2n) is 4.25. The number of benzene rings is 1. The van der Waals surface area contributed by atoms with Gasteiger partial charge in [-0.05, 0) is 47.0 Å². The van der Waals surface area contributed by atoms with Crippen molar-refractivity contribution in [2.45, 2.75) is 18.9 Å². The van der Waals surface area contributed by atoms with Crippen LogP contribution in [-0.2, 0) is 0 Å². The summed E-state index contributed by atoms with van der Waals surface area (Å²) in [5, 5.41) is 9.49. The number of halogens is 1. The molecule has 0 aromatic heterocycles. The zero-order chi connectivity index (χ0) is 12.4. The molecule has 1 heterocycles. The van der Waals surface area contributed by atoms with Crippen LogP contribution in [0.15, 0.2) is 22.7 Å². The van der Waals surface area contributed by atoms with Gasteiger partial charge in [-0.1, -0.05) is 12.2 Å². The first-order valence-electron chi connectivity index (χ1n) is 5.60. The summed E-state index contributed by atoms with van der Waals surface area (Å²) in [6.07, 6.45) is 1.49. The van der Waals surface area contributed by atoms with Gasteiger partial charge in [-0.15, -0.1) is 0 Å². The molecule has 0 aliphatic carbocycles. The summed E-state index contributed by atoms with van der Waals surface area (Å²) in [5.41, 5.74) is 7.60. The van der Waals surface area contributed by atoms with Gasteiger partial charge in [0.05, 0.1) is 11.8 Å². The fourth-order valence-corrected chi connectivity index (χ4v) is 2.78. The maximum absolute atomic E-state index is 9.49. The predicted octanol–water partition coefficient (Wildman–Crippen LogP) is 2.04. The first-order valence-corrected chi connectivity index (χ1v) is 6.80. The van der Waals surface area contributed by atoms with E-state index in [2.05, 4.69) is 20.8 Å². The van der Waals surface area contributed by atoms with Crippen molar-refractivity contribution in [2.75, 3.05) is 18.0 Å². The first kappa shape index (κ1) is 12.8. The summed E-state index contributed by atoms with van der Waals surface area (Å²) in [5.74, 6) is 0. The van der Waals surface area contributed by atoms with Crippen LogP contribution in [0.25, 0.3) is 0 Å². The molecule has 3 N–H and O–H groups in total. The van der Waals surface area contributed by atoms with E-state index in [4.69, 9.17) is 18.0 Å². The molecule has 1 fully saturated rings. The van der Waals surface area contributed by atoms with Crippen LogP contribution in [0.1, 0.15) is 18.4 Å². The number of hydrogen-bond acceptors (Lipinski definition) is 3. The molecular weight excluding hydrogens is 300 g/mol. The Hall–Kier alpha value is -0.650. The van der Waals surface area contributed by atoms with Crippen LogP contribution in [0.4, 0.5) is 5.69 Å². The Morgan fingerprint density at radius 3 is 2.59 bits per heavy atom. The van der Waals surface area contributed by atoms with Crippen molar-refractivity contribution in [3.63, 3.8) is 0 Å². The maximum Gasteiger partial charge on any atom is 0.104 e. The van der Waals surface area contributed by atoms with Crippen LogP contribution in [0.2, 0.25) is 0 Å². The lowest BCUT2D eigenvalue weighted by Gasteiger charge is -2.32. The summed E-state index contributed by atoms with van der Waals surface area (Å²) in [4.78, 5) is 2.67. The highest BCUT2D eigenvalue weighted by Gasteiger charge is 2.18. The van der Waals surface area contributed by atoms with Gasteiger partial charge in [0, 0.05) is 23.1 Å². The number of nitrogens with two attached hydrogens (primary N) is 1. The Labute approximate surface area is 115 Å². The van der Waals surface area contributed by atoms with Gasteiger partial charge in [0.15, 0.2) is 0 Å². The van der Waals surface area contributed by atoms with Crippen molar-refractivity contribution >= 4 is 38.8 Å². The highest BCUT2D eigenvalue weighted by molar-refractivity contribution is 9.10. The summed E-state index contributed by atoms with van der Waals surface area (Å²) in [6.45, 7) is 1.76. The van der Waals surface area contributed by atoms with Crippen molar-refractivity contribution in [3.8, 4) is 0 Å². The minimum Gasteiger partial charge on any atom is -0.393 e. The Bertz CT molecular complexity index is 431. The summed E-state index contributed by atoms with van der Waals surface area (Å²) in [7, 11) is 0. The second-order valence-corrected chi connectivity index (χ2v) is 5.54. The molecule has 0 unspecified atom stereocenters. The molecular formula is C12H15BrN2OS. The zero-order valence-corrected chi connectivity index (χ0v) is 11.8. The average molecular weight is 315 g/mol. The molecule has 17 heavy (non-hydrogen) atoms. The monoisotopic (exact) mass is 314 g/mol. The molecule has 5 heteroatoms. The lowest BCUT2D eigenvalue weighted by molar-refractivity contribution is 0.145. The highest BCUT2D eigenvalue weighted by Crippen LogP contribution is 2.29. The van der Waals surface area contributed by atoms with E-state index in [0.717, 1.165) is 41.7 Å². The SMILES string of the molecule is NC(=S)c1ccc(N2CCC(O)CC2)c(Br)c1. The fourth-order valence-electron chi connectivity index (χ4n) is 2.02. The smallest absolute Gasteiger partial charge is 0.104 e. The molecule has 2 rings (SSSR count). The van der Waals surface area contributed by atoms with Crippen LogP contribution in [0.5, 0.6) is 0 Å². The van der Waals surface area contributed by atoms with Crippen molar-refractivity contribution in [1.29, 1.82) is 0 Å². The van der Waals surface area contributed by atoms with E-state index in [1.807, 2.05) is 18.2 Å². The highest BCUT2D eigenvalue weighted by atomic mass is 79.9. The van der Waals surface area contributed by atoms with Crippen molar-refractivity contribution < 1.29 is 5.11 Å². The van der Waals surface area contributed by atoms with Gasteiger partial charge in [-0.25, -0.2) is 0 Å². The number of aliphatic hydroxyl groups is 1. The molecule has 0 atom stereocenters. The van der Waals surface area contributed by atoms with Crippen LogP contribution in [0.3, 0.4) is 0 Å². The third-order valence-corrected chi connectivity index (χ3v) is 3.91. The molecule has 92 valence electrons. The van der Waals surface area contributed by atoms with Crippen LogP contribution in [-0.4, -0.2) is 29.3 Å². The fraction of sp³-hybridized carbons (Fsp3) is 0.417. The number of nitrogens with zero attached hydrogens (tertiary/aromatic N) is 1. The molecule has 0 amide bonds. The summed E-state index contributed by atoms with van der Waals surface area (Å²) < 4.78 is 0.999. The normalized spacial score (nSPS) is 17.2. The molecule has 0 saturated carbocycles. The molecule has 0 radical (unpaired) electrons. The van der Waals surface area contributed by atoms with Gasteiger partial charge in [0.2, 0.25) is 0 Å². The predicted molar refractivity (Wildman–Crippen MR) is 77.5 cm³/mol. The molecule has 1 aromatic rings. The van der Waals surface area contributed by atoms with E-state index in [9.17, 15) is 5.11 Å². The van der Waals surface area contributed by atoms with E-state index in [0.29, 0.717) is 4.99 Å². The van der Waals surface area contributed by atoms with E-state index >= 15 is 0 Å². The Kier molecular flexibility index (Phi) is 4.01. The quantitative estimate of drug-likeness (QED) is 0.820. The Morgan fingerprint density at radius 2 is 2.06 bits per heavy atom. The molecule has 0 spiro atoms. The number of rotatable bonds is 2. The van der Waals surface area contributed by atoms with Gasteiger partial charge in [-0.2, -0.15) is 0 Å². The van der Waals surface area contributed by atoms with Crippen molar-refractivity contribution in [1.82, 2.24) is 0 Å². The first-order chi connectivity index (χ1) is 8.08. The maximum atomic E-state index is 9.49. The van der Waals surface area contributed by atoms with Gasteiger partial charge in [-0.3, -0.25) is 0 Å². The molecule has 3 nitrogen and oxygen atoms in total. The second kappa shape index (κ2) is 5.33. The van der Waals surface area contributed by atoms with Gasteiger partial charge in [0.25, 0.3) is 0 Å². The average Bonchev–Trinajstić information content (AvgIpc) is 2.30. The van der Waals surface area contributed by atoms with Crippen molar-refractivity contribution in [3.05, 3.63) is 28.2 Å². The number of piperidine rings is 1. The number of aliphatic hydroxyl groups excluding tert-OH is 1. The third-order valence-electron chi connectivity index (χ3n) is 3.04. The molecule has 1 aliphatic rings. The molecule has 1 aromatic carbocycles. The Morgan fingerprint density at radius 1 is 1.41 bits per heavy atom. The van der Waals surface area contributed by atoms with E-state index in [1.54, 1.807) is 0 Å². The van der Waals surface area contributed by atoms with Crippen LogP contribution >= 0.6 is 28.1 Å². The number of hydrogen-bond donors (Lipinski definition) is 2. The molecule has 1 saturated heterocycles. The third kappa shape index (κ3) is 2.97. The minimum absolute atomic E-state index is 0.152. The molecule has 0 bridgehead atoms. The van der Waals surface area contributed by atoms with Gasteiger partial charge >= 0.3 is 0 Å². The van der Waals surface area contributed by atoms with E-state index < -0.39 is 0 Å².